The van der Waals surface area contributed by atoms with Crippen LogP contribution in [0, 0.1) is 0 Å². The van der Waals surface area contributed by atoms with Crippen molar-refractivity contribution in [2.45, 2.75) is 5.41 Å². The largest absolute Gasteiger partial charge is 0.454 e. The van der Waals surface area contributed by atoms with Crippen molar-refractivity contribution in [1.29, 1.82) is 0 Å². The summed E-state index contributed by atoms with van der Waals surface area (Å²) in [6, 6.07) is 82.5. The monoisotopic (exact) mass is 831 g/mol. The van der Waals surface area contributed by atoms with E-state index in [1.165, 1.54) is 86.9 Å². The van der Waals surface area contributed by atoms with E-state index in [1.54, 1.807) is 0 Å². The minimum Gasteiger partial charge on any atom is -0.454 e. The van der Waals surface area contributed by atoms with E-state index in [9.17, 15) is 0 Å². The highest BCUT2D eigenvalue weighted by atomic mass is 32.1. The summed E-state index contributed by atoms with van der Waals surface area (Å²) >= 11 is 1.90. The molecule has 0 radical (unpaired) electrons. The number of fused-ring (bicyclic) bond motifs is 17. The van der Waals surface area contributed by atoms with E-state index in [0.29, 0.717) is 0 Å². The van der Waals surface area contributed by atoms with Gasteiger partial charge in [-0.25, -0.2) is 0 Å². The predicted molar refractivity (Wildman–Crippen MR) is 268 cm³/mol. The van der Waals surface area contributed by atoms with E-state index < -0.39 is 5.41 Å². The molecule has 2 aromatic heterocycles. The van der Waals surface area contributed by atoms with E-state index in [4.69, 9.17) is 4.42 Å². The van der Waals surface area contributed by atoms with Crippen LogP contribution in [0.5, 0.6) is 0 Å². The Morgan fingerprint density at radius 2 is 0.969 bits per heavy atom. The van der Waals surface area contributed by atoms with Gasteiger partial charge in [0, 0.05) is 42.3 Å². The second-order valence-electron chi connectivity index (χ2n) is 17.1. The molecule has 0 fully saturated rings. The maximum Gasteiger partial charge on any atom is 0.159 e. The fraction of sp³-hybridized carbons (Fsp3) is 0.0164. The molecule has 3 heteroatoms. The second kappa shape index (κ2) is 13.5. The van der Waals surface area contributed by atoms with Crippen molar-refractivity contribution in [1.82, 2.24) is 0 Å². The van der Waals surface area contributed by atoms with Crippen LogP contribution >= 0.6 is 11.3 Å². The minimum atomic E-state index is -0.445. The summed E-state index contributed by atoms with van der Waals surface area (Å²) in [6.45, 7) is 0. The molecule has 0 amide bonds. The first kappa shape index (κ1) is 35.6. The lowest BCUT2D eigenvalue weighted by atomic mass is 9.70. The van der Waals surface area contributed by atoms with Gasteiger partial charge in [0.05, 0.1) is 11.1 Å². The van der Waals surface area contributed by atoms with Gasteiger partial charge in [-0.2, -0.15) is 0 Å². The number of nitrogens with zero attached hydrogens (tertiary/aromatic N) is 1. The molecular weight excluding hydrogens is 795 g/mol. The topological polar surface area (TPSA) is 16.4 Å². The SMILES string of the molecule is c1ccc(-c2ccc(N(c3ccc(-c4ccc5c(c4)C4(c6ccccc6-c6ccccc64)c4ccc6sc7ccccc7c6c4-5)cc3)c3cccc4c3oc3ccccc34)cc2)cc1. The van der Waals surface area contributed by atoms with Crippen LogP contribution in [0.3, 0.4) is 0 Å². The fourth-order valence-corrected chi connectivity index (χ4v) is 12.3. The van der Waals surface area contributed by atoms with Crippen LogP contribution in [0.15, 0.2) is 229 Å². The Bertz CT molecular complexity index is 3790. The number of anilines is 3. The third kappa shape index (κ3) is 4.90. The molecule has 0 atom stereocenters. The highest BCUT2D eigenvalue weighted by Gasteiger charge is 2.52. The summed E-state index contributed by atoms with van der Waals surface area (Å²) in [5.74, 6) is 0. The third-order valence-corrected chi connectivity index (χ3v) is 15.0. The van der Waals surface area contributed by atoms with Gasteiger partial charge in [0.2, 0.25) is 0 Å². The lowest BCUT2D eigenvalue weighted by Crippen LogP contribution is -2.25. The van der Waals surface area contributed by atoms with Gasteiger partial charge in [-0.1, -0.05) is 170 Å². The van der Waals surface area contributed by atoms with Crippen LogP contribution in [0.4, 0.5) is 17.1 Å². The maximum atomic E-state index is 6.66. The summed E-state index contributed by atoms with van der Waals surface area (Å²) in [5, 5.41) is 4.92. The van der Waals surface area contributed by atoms with Gasteiger partial charge in [-0.05, 0) is 121 Å². The summed E-state index contributed by atoms with van der Waals surface area (Å²) in [7, 11) is 0. The van der Waals surface area contributed by atoms with E-state index in [-0.39, 0.29) is 0 Å². The van der Waals surface area contributed by atoms with E-state index in [0.717, 1.165) is 39.0 Å². The van der Waals surface area contributed by atoms with Gasteiger partial charge in [0.15, 0.2) is 5.58 Å². The van der Waals surface area contributed by atoms with Crippen molar-refractivity contribution in [3.63, 3.8) is 0 Å². The lowest BCUT2D eigenvalue weighted by molar-refractivity contribution is 0.669. The number of rotatable bonds is 5. The van der Waals surface area contributed by atoms with Gasteiger partial charge in [-0.15, -0.1) is 11.3 Å². The Hall–Kier alpha value is -7.98. The van der Waals surface area contributed by atoms with Gasteiger partial charge in [-0.3, -0.25) is 0 Å². The molecular formula is C61H37NOS. The maximum absolute atomic E-state index is 6.66. The number of hydrogen-bond acceptors (Lipinski definition) is 3. The molecule has 2 aliphatic rings. The van der Waals surface area contributed by atoms with Crippen LogP contribution < -0.4 is 4.90 Å². The molecule has 0 N–H and O–H groups in total. The summed E-state index contributed by atoms with van der Waals surface area (Å²) < 4.78 is 9.32. The van der Waals surface area contributed by atoms with E-state index in [1.807, 2.05) is 17.4 Å². The zero-order chi connectivity index (χ0) is 41.9. The van der Waals surface area contributed by atoms with Crippen LogP contribution in [-0.4, -0.2) is 0 Å². The Labute approximate surface area is 374 Å². The molecule has 2 aliphatic carbocycles. The molecule has 1 spiro atoms. The number of para-hydroxylation sites is 2. The number of hydrogen-bond donors (Lipinski definition) is 0. The molecule has 12 aromatic rings. The lowest BCUT2D eigenvalue weighted by Gasteiger charge is -2.30. The Morgan fingerprint density at radius 3 is 1.72 bits per heavy atom. The Morgan fingerprint density at radius 1 is 0.375 bits per heavy atom. The number of furan rings is 1. The van der Waals surface area contributed by atoms with Gasteiger partial charge >= 0.3 is 0 Å². The molecule has 298 valence electrons. The molecule has 14 rings (SSSR count). The van der Waals surface area contributed by atoms with Crippen molar-refractivity contribution in [2.75, 3.05) is 4.90 Å². The fourth-order valence-electron chi connectivity index (χ4n) is 11.2. The normalized spacial score (nSPS) is 13.1. The molecule has 0 saturated heterocycles. The Kier molecular flexibility index (Phi) is 7.51. The van der Waals surface area contributed by atoms with Crippen molar-refractivity contribution in [3.05, 3.63) is 247 Å². The van der Waals surface area contributed by atoms with Gasteiger partial charge in [0.25, 0.3) is 0 Å². The van der Waals surface area contributed by atoms with Crippen molar-refractivity contribution in [3.8, 4) is 44.5 Å². The standard InChI is InChI=1S/C61H37NOS/c1-2-13-38(14-3-1)39-25-30-42(31-26-39)62(54-22-12-19-47-46-17-6-10-23-55(46)63-60(47)54)43-32-27-40(28-33-43)41-29-34-48-53(37-41)61(50-20-8-4-15-44(50)45-16-5-9-21-51(45)61)52-35-36-57-59(58(48)52)49-18-7-11-24-56(49)64-57/h1-37H. The molecule has 0 unspecified atom stereocenters. The highest BCUT2D eigenvalue weighted by Crippen LogP contribution is 2.65. The zero-order valence-electron chi connectivity index (χ0n) is 34.6. The summed E-state index contributed by atoms with van der Waals surface area (Å²) in [4.78, 5) is 2.33. The second-order valence-corrected chi connectivity index (χ2v) is 18.2. The van der Waals surface area contributed by atoms with Crippen molar-refractivity contribution in [2.24, 2.45) is 0 Å². The first-order chi connectivity index (χ1) is 31.7. The molecule has 0 aliphatic heterocycles. The van der Waals surface area contributed by atoms with Crippen LogP contribution in [0.2, 0.25) is 0 Å². The number of benzene rings is 10. The van der Waals surface area contributed by atoms with Crippen molar-refractivity contribution < 1.29 is 4.42 Å². The van der Waals surface area contributed by atoms with Crippen LogP contribution in [0.25, 0.3) is 86.6 Å². The first-order valence-electron chi connectivity index (χ1n) is 22.0. The molecule has 0 saturated carbocycles. The smallest absolute Gasteiger partial charge is 0.159 e. The zero-order valence-corrected chi connectivity index (χ0v) is 35.4. The third-order valence-electron chi connectivity index (χ3n) is 13.9. The van der Waals surface area contributed by atoms with Crippen molar-refractivity contribution >= 4 is 70.5 Å². The van der Waals surface area contributed by atoms with E-state index in [2.05, 4.69) is 223 Å². The van der Waals surface area contributed by atoms with Gasteiger partial charge in [0.1, 0.15) is 5.58 Å². The average molecular weight is 832 g/mol. The van der Waals surface area contributed by atoms with Gasteiger partial charge < -0.3 is 9.32 Å². The molecule has 10 aromatic carbocycles. The number of thiophene rings is 1. The highest BCUT2D eigenvalue weighted by molar-refractivity contribution is 7.26. The molecule has 2 heterocycles. The average Bonchev–Trinajstić information content (AvgIpc) is 4.10. The quantitative estimate of drug-likeness (QED) is 0.172. The first-order valence-corrected chi connectivity index (χ1v) is 22.8. The van der Waals surface area contributed by atoms with E-state index >= 15 is 0 Å². The summed E-state index contributed by atoms with van der Waals surface area (Å²) in [6.07, 6.45) is 0. The molecule has 0 bridgehead atoms. The molecule has 2 nitrogen and oxygen atoms in total. The predicted octanol–water partition coefficient (Wildman–Crippen LogP) is 17.1. The molecule has 64 heavy (non-hydrogen) atoms. The summed E-state index contributed by atoms with van der Waals surface area (Å²) in [5.41, 5.74) is 19.9. The van der Waals surface area contributed by atoms with Crippen LogP contribution in [0.1, 0.15) is 22.3 Å². The minimum absolute atomic E-state index is 0.445. The Balaban J connectivity index is 0.950. The van der Waals surface area contributed by atoms with Crippen LogP contribution in [-0.2, 0) is 5.41 Å².